The number of carbonyl (C=O) groups is 2. The highest BCUT2D eigenvalue weighted by Gasteiger charge is 2.31. The molecule has 186 valence electrons. The third-order valence-electron chi connectivity index (χ3n) is 5.11. The summed E-state index contributed by atoms with van der Waals surface area (Å²) in [7, 11) is -3.77. The van der Waals surface area contributed by atoms with E-state index in [2.05, 4.69) is 21.2 Å². The van der Waals surface area contributed by atoms with Crippen molar-refractivity contribution in [2.24, 2.45) is 5.92 Å². The largest absolute Gasteiger partial charge is 0.354 e. The van der Waals surface area contributed by atoms with E-state index < -0.39 is 28.5 Å². The molecule has 0 aliphatic heterocycles. The lowest BCUT2D eigenvalue weighted by atomic mass is 10.1. The molecule has 10 heteroatoms. The van der Waals surface area contributed by atoms with Crippen LogP contribution >= 0.6 is 27.5 Å². The lowest BCUT2D eigenvalue weighted by Crippen LogP contribution is -2.52. The molecule has 2 amide bonds. The smallest absolute Gasteiger partial charge is 0.244 e. The van der Waals surface area contributed by atoms with E-state index >= 15 is 0 Å². The summed E-state index contributed by atoms with van der Waals surface area (Å²) in [4.78, 5) is 28.0. The number of halogens is 2. The van der Waals surface area contributed by atoms with E-state index in [1.165, 1.54) is 4.90 Å². The van der Waals surface area contributed by atoms with Crippen LogP contribution in [0.2, 0.25) is 5.02 Å². The summed E-state index contributed by atoms with van der Waals surface area (Å²) >= 11 is 9.34. The van der Waals surface area contributed by atoms with Crippen molar-refractivity contribution in [1.82, 2.24) is 10.2 Å². The number of anilines is 1. The third kappa shape index (κ3) is 8.29. The fourth-order valence-corrected chi connectivity index (χ4v) is 4.73. The van der Waals surface area contributed by atoms with Crippen molar-refractivity contribution in [2.75, 3.05) is 23.7 Å². The quantitative estimate of drug-likeness (QED) is 0.431. The number of carbonyl (C=O) groups excluding carboxylic acids is 2. The predicted octanol–water partition coefficient (Wildman–Crippen LogP) is 4.45. The van der Waals surface area contributed by atoms with Gasteiger partial charge in [0.2, 0.25) is 21.8 Å². The highest BCUT2D eigenvalue weighted by Crippen LogP contribution is 2.23. The van der Waals surface area contributed by atoms with Crippen LogP contribution in [-0.2, 0) is 26.2 Å². The summed E-state index contributed by atoms with van der Waals surface area (Å²) in [5.41, 5.74) is 1.13. The van der Waals surface area contributed by atoms with Gasteiger partial charge in [0.15, 0.2) is 0 Å². The first-order valence-corrected chi connectivity index (χ1v) is 14.0. The summed E-state index contributed by atoms with van der Waals surface area (Å²) in [6, 6.07) is 12.9. The monoisotopic (exact) mass is 571 g/mol. The van der Waals surface area contributed by atoms with Crippen molar-refractivity contribution < 1.29 is 18.0 Å². The average Bonchev–Trinajstić information content (AvgIpc) is 2.76. The maximum Gasteiger partial charge on any atom is 0.244 e. The van der Waals surface area contributed by atoms with Gasteiger partial charge in [0.1, 0.15) is 12.6 Å². The Labute approximate surface area is 215 Å². The second-order valence-electron chi connectivity index (χ2n) is 8.46. The number of rotatable bonds is 11. The van der Waals surface area contributed by atoms with Crippen LogP contribution in [0.3, 0.4) is 0 Å². The Bertz CT molecular complexity index is 1090. The summed E-state index contributed by atoms with van der Waals surface area (Å²) in [5, 5.41) is 3.45. The first kappa shape index (κ1) is 28.1. The summed E-state index contributed by atoms with van der Waals surface area (Å²) in [6.45, 7) is 5.98. The fraction of sp³-hybridized carbons (Fsp3) is 0.417. The second kappa shape index (κ2) is 12.6. The molecular formula is C24H31BrClN3O4S. The van der Waals surface area contributed by atoms with E-state index in [4.69, 9.17) is 11.6 Å². The van der Waals surface area contributed by atoms with E-state index in [9.17, 15) is 18.0 Å². The molecular weight excluding hydrogens is 542 g/mol. The van der Waals surface area contributed by atoms with Gasteiger partial charge in [-0.15, -0.1) is 0 Å². The number of nitrogens with one attached hydrogen (secondary N) is 1. The molecule has 1 N–H and O–H groups in total. The minimum Gasteiger partial charge on any atom is -0.354 e. The maximum atomic E-state index is 13.6. The van der Waals surface area contributed by atoms with E-state index in [0.29, 0.717) is 28.1 Å². The Balaban J connectivity index is 2.41. The van der Waals surface area contributed by atoms with Crippen molar-refractivity contribution >= 4 is 55.1 Å². The van der Waals surface area contributed by atoms with Crippen molar-refractivity contribution in [2.45, 2.75) is 39.8 Å². The summed E-state index contributed by atoms with van der Waals surface area (Å²) in [5.74, 6) is -0.502. The van der Waals surface area contributed by atoms with E-state index in [0.717, 1.165) is 16.1 Å². The highest BCUT2D eigenvalue weighted by atomic mass is 79.9. The molecule has 0 unspecified atom stereocenters. The van der Waals surface area contributed by atoms with Crippen molar-refractivity contribution in [1.29, 1.82) is 0 Å². The Morgan fingerprint density at radius 2 is 1.76 bits per heavy atom. The molecule has 34 heavy (non-hydrogen) atoms. The molecule has 0 aliphatic carbocycles. The first-order valence-electron chi connectivity index (χ1n) is 11.0. The topological polar surface area (TPSA) is 86.8 Å². The molecule has 0 fully saturated rings. The maximum absolute atomic E-state index is 13.6. The summed E-state index contributed by atoms with van der Waals surface area (Å²) < 4.78 is 26.9. The molecule has 0 heterocycles. The number of nitrogens with zero attached hydrogens (tertiary/aromatic N) is 2. The average molecular weight is 573 g/mol. The van der Waals surface area contributed by atoms with Crippen LogP contribution in [0, 0.1) is 5.92 Å². The van der Waals surface area contributed by atoms with Crippen LogP contribution in [-0.4, -0.2) is 50.5 Å². The molecule has 2 aromatic carbocycles. The molecule has 2 rings (SSSR count). The molecule has 0 saturated carbocycles. The molecule has 1 atom stereocenters. The molecule has 0 radical (unpaired) electrons. The molecule has 0 aromatic heterocycles. The van der Waals surface area contributed by atoms with Crippen molar-refractivity contribution in [3.8, 4) is 0 Å². The number of hydrogen-bond donors (Lipinski definition) is 1. The summed E-state index contributed by atoms with van der Waals surface area (Å²) in [6.07, 6.45) is 1.43. The van der Waals surface area contributed by atoms with Gasteiger partial charge in [-0.3, -0.25) is 13.9 Å². The molecule has 0 aliphatic rings. The zero-order chi connectivity index (χ0) is 25.5. The van der Waals surface area contributed by atoms with E-state index in [1.54, 1.807) is 48.5 Å². The molecule has 2 aromatic rings. The number of sulfonamides is 1. The van der Waals surface area contributed by atoms with Gasteiger partial charge in [-0.1, -0.05) is 66.5 Å². The second-order valence-corrected chi connectivity index (χ2v) is 11.7. The van der Waals surface area contributed by atoms with Gasteiger partial charge in [-0.05, 0) is 48.2 Å². The Morgan fingerprint density at radius 1 is 1.12 bits per heavy atom. The van der Waals surface area contributed by atoms with Gasteiger partial charge in [-0.25, -0.2) is 8.42 Å². The van der Waals surface area contributed by atoms with Gasteiger partial charge in [0.25, 0.3) is 0 Å². The fourth-order valence-electron chi connectivity index (χ4n) is 3.37. The predicted molar refractivity (Wildman–Crippen MR) is 140 cm³/mol. The molecule has 0 saturated heterocycles. The third-order valence-corrected chi connectivity index (χ3v) is 7.00. The Hall–Kier alpha value is -2.10. The van der Waals surface area contributed by atoms with Gasteiger partial charge >= 0.3 is 0 Å². The standard InChI is InChI=1S/C24H31BrClN3O4S/c1-5-22(24(31)27-14-17(2)3)28(15-18-9-11-20(26)12-10-18)23(30)16-29(34(4,32)33)21-8-6-7-19(25)13-21/h6-13,17,22H,5,14-16H2,1-4H3,(H,27,31)/t22-/m0/s1. The van der Waals surface area contributed by atoms with Crippen LogP contribution in [0.15, 0.2) is 53.0 Å². The SMILES string of the molecule is CC[C@@H](C(=O)NCC(C)C)N(Cc1ccc(Cl)cc1)C(=O)CN(c1cccc(Br)c1)S(C)(=O)=O. The zero-order valence-corrected chi connectivity index (χ0v) is 23.0. The first-order chi connectivity index (χ1) is 15.9. The normalized spacial score (nSPS) is 12.3. The van der Waals surface area contributed by atoms with E-state index in [-0.39, 0.29) is 18.4 Å². The molecule has 0 bridgehead atoms. The number of benzene rings is 2. The Morgan fingerprint density at radius 3 is 2.29 bits per heavy atom. The van der Waals surface area contributed by atoms with E-state index in [1.807, 2.05) is 20.8 Å². The number of amides is 2. The van der Waals surface area contributed by atoms with Crippen LogP contribution in [0.1, 0.15) is 32.8 Å². The highest BCUT2D eigenvalue weighted by molar-refractivity contribution is 9.10. The van der Waals surface area contributed by atoms with Crippen LogP contribution < -0.4 is 9.62 Å². The van der Waals surface area contributed by atoms with Crippen LogP contribution in [0.5, 0.6) is 0 Å². The minimum atomic E-state index is -3.77. The van der Waals surface area contributed by atoms with Gasteiger partial charge in [0, 0.05) is 22.6 Å². The van der Waals surface area contributed by atoms with Gasteiger partial charge in [-0.2, -0.15) is 0 Å². The zero-order valence-electron chi connectivity index (χ0n) is 19.8. The number of hydrogen-bond acceptors (Lipinski definition) is 4. The lowest BCUT2D eigenvalue weighted by molar-refractivity contribution is -0.140. The Kier molecular flexibility index (Phi) is 10.4. The molecule has 7 nitrogen and oxygen atoms in total. The van der Waals surface area contributed by atoms with Crippen molar-refractivity contribution in [3.63, 3.8) is 0 Å². The van der Waals surface area contributed by atoms with Gasteiger partial charge < -0.3 is 10.2 Å². The van der Waals surface area contributed by atoms with Crippen LogP contribution in [0.4, 0.5) is 5.69 Å². The van der Waals surface area contributed by atoms with Crippen molar-refractivity contribution in [3.05, 3.63) is 63.6 Å². The van der Waals surface area contributed by atoms with Gasteiger partial charge in [0.05, 0.1) is 11.9 Å². The lowest BCUT2D eigenvalue weighted by Gasteiger charge is -2.33. The van der Waals surface area contributed by atoms with Crippen LogP contribution in [0.25, 0.3) is 0 Å². The minimum absolute atomic E-state index is 0.139. The molecule has 0 spiro atoms.